The molecule has 1 aromatic heterocycles. The summed E-state index contributed by atoms with van der Waals surface area (Å²) in [6, 6.07) is 10.4. The van der Waals surface area contributed by atoms with Crippen molar-refractivity contribution < 1.29 is 9.90 Å². The standard InChI is InChI=1S/C12H9BrN2O2S/c13-11-5-4-10(18-11)7-14-15-9-3-1-2-8(6-9)12(16)17/h1-7,15H,(H,16,17)/b14-7+. The molecule has 2 N–H and O–H groups in total. The highest BCUT2D eigenvalue weighted by Gasteiger charge is 2.02. The molecule has 18 heavy (non-hydrogen) atoms. The third-order valence-corrected chi connectivity index (χ3v) is 3.65. The van der Waals surface area contributed by atoms with Crippen LogP contribution in [0.15, 0.2) is 45.3 Å². The van der Waals surface area contributed by atoms with Crippen LogP contribution < -0.4 is 5.43 Å². The lowest BCUT2D eigenvalue weighted by molar-refractivity contribution is 0.0697. The molecule has 0 saturated heterocycles. The quantitative estimate of drug-likeness (QED) is 0.666. The minimum absolute atomic E-state index is 0.231. The van der Waals surface area contributed by atoms with Gasteiger partial charge in [-0.1, -0.05) is 6.07 Å². The SMILES string of the molecule is O=C(O)c1cccc(N/N=C/c2ccc(Br)s2)c1. The highest BCUT2D eigenvalue weighted by molar-refractivity contribution is 9.11. The second-order valence-corrected chi connectivity index (χ2v) is 5.89. The molecule has 1 heterocycles. The van der Waals surface area contributed by atoms with Crippen molar-refractivity contribution in [2.45, 2.75) is 0 Å². The van der Waals surface area contributed by atoms with Crippen molar-refractivity contribution in [3.05, 3.63) is 50.6 Å². The van der Waals surface area contributed by atoms with Gasteiger partial charge >= 0.3 is 5.97 Å². The molecule has 0 spiro atoms. The first-order chi connectivity index (χ1) is 8.65. The summed E-state index contributed by atoms with van der Waals surface area (Å²) in [4.78, 5) is 11.8. The zero-order valence-corrected chi connectivity index (χ0v) is 11.5. The van der Waals surface area contributed by atoms with Gasteiger partial charge in [0.15, 0.2) is 0 Å². The van der Waals surface area contributed by atoms with E-state index in [0.29, 0.717) is 5.69 Å². The molecule has 2 rings (SSSR count). The van der Waals surface area contributed by atoms with E-state index < -0.39 is 5.97 Å². The van der Waals surface area contributed by atoms with Gasteiger partial charge in [-0.3, -0.25) is 5.43 Å². The molecule has 0 amide bonds. The van der Waals surface area contributed by atoms with Crippen LogP contribution in [0.4, 0.5) is 5.69 Å². The molecule has 0 fully saturated rings. The van der Waals surface area contributed by atoms with Crippen LogP contribution in [0.5, 0.6) is 0 Å². The van der Waals surface area contributed by atoms with Crippen molar-refractivity contribution in [1.82, 2.24) is 0 Å². The molecule has 4 nitrogen and oxygen atoms in total. The third kappa shape index (κ3) is 3.41. The van der Waals surface area contributed by atoms with Gasteiger partial charge in [-0.25, -0.2) is 4.79 Å². The van der Waals surface area contributed by atoms with E-state index in [0.717, 1.165) is 8.66 Å². The fourth-order valence-electron chi connectivity index (χ4n) is 1.29. The van der Waals surface area contributed by atoms with E-state index in [1.807, 2.05) is 12.1 Å². The molecule has 0 saturated carbocycles. The second-order valence-electron chi connectivity index (χ2n) is 3.40. The number of anilines is 1. The Balaban J connectivity index is 2.04. The van der Waals surface area contributed by atoms with Gasteiger partial charge in [0, 0.05) is 4.88 Å². The summed E-state index contributed by atoms with van der Waals surface area (Å²) in [5.74, 6) is -0.954. The smallest absolute Gasteiger partial charge is 0.335 e. The Morgan fingerprint density at radius 2 is 2.22 bits per heavy atom. The number of hydrogen-bond acceptors (Lipinski definition) is 4. The van der Waals surface area contributed by atoms with Gasteiger partial charge in [0.1, 0.15) is 0 Å². The van der Waals surface area contributed by atoms with Gasteiger partial charge in [-0.05, 0) is 46.3 Å². The lowest BCUT2D eigenvalue weighted by Crippen LogP contribution is -1.97. The molecular weight excluding hydrogens is 316 g/mol. The van der Waals surface area contributed by atoms with Gasteiger partial charge in [0.05, 0.1) is 21.3 Å². The average Bonchev–Trinajstić information content (AvgIpc) is 2.75. The molecule has 0 unspecified atom stereocenters. The monoisotopic (exact) mass is 324 g/mol. The molecule has 92 valence electrons. The summed E-state index contributed by atoms with van der Waals surface area (Å²) in [6.45, 7) is 0. The van der Waals surface area contributed by atoms with Crippen LogP contribution in [-0.4, -0.2) is 17.3 Å². The minimum Gasteiger partial charge on any atom is -0.478 e. The van der Waals surface area contributed by atoms with E-state index >= 15 is 0 Å². The van der Waals surface area contributed by atoms with Gasteiger partial charge in [0.2, 0.25) is 0 Å². The summed E-state index contributed by atoms with van der Waals surface area (Å²) in [7, 11) is 0. The Hall–Kier alpha value is -1.66. The summed E-state index contributed by atoms with van der Waals surface area (Å²) < 4.78 is 1.04. The van der Waals surface area contributed by atoms with Gasteiger partial charge < -0.3 is 5.11 Å². The molecule has 0 aliphatic heterocycles. The predicted octanol–water partition coefficient (Wildman–Crippen LogP) is 3.65. The number of carbonyl (C=O) groups is 1. The van der Waals surface area contributed by atoms with E-state index in [9.17, 15) is 4.79 Å². The molecule has 0 bridgehead atoms. The number of benzene rings is 1. The largest absolute Gasteiger partial charge is 0.478 e. The predicted molar refractivity (Wildman–Crippen MR) is 76.6 cm³/mol. The zero-order chi connectivity index (χ0) is 13.0. The Kier molecular flexibility index (Phi) is 4.11. The lowest BCUT2D eigenvalue weighted by atomic mass is 10.2. The van der Waals surface area contributed by atoms with Crippen molar-refractivity contribution >= 4 is 45.1 Å². The average molecular weight is 325 g/mol. The number of rotatable bonds is 4. The summed E-state index contributed by atoms with van der Waals surface area (Å²) in [6.07, 6.45) is 1.68. The highest BCUT2D eigenvalue weighted by Crippen LogP contribution is 2.20. The number of halogens is 1. The van der Waals surface area contributed by atoms with Crippen molar-refractivity contribution in [3.8, 4) is 0 Å². The van der Waals surface area contributed by atoms with Crippen LogP contribution in [0.25, 0.3) is 0 Å². The van der Waals surface area contributed by atoms with Crippen LogP contribution in [0.3, 0.4) is 0 Å². The van der Waals surface area contributed by atoms with Gasteiger partial charge in [-0.15, -0.1) is 11.3 Å². The van der Waals surface area contributed by atoms with Crippen LogP contribution in [0.2, 0.25) is 0 Å². The van der Waals surface area contributed by atoms with E-state index in [1.165, 1.54) is 12.1 Å². The number of hydrogen-bond donors (Lipinski definition) is 2. The summed E-state index contributed by atoms with van der Waals surface area (Å²) >= 11 is 4.93. The Bertz CT molecular complexity index is 595. The van der Waals surface area contributed by atoms with Gasteiger partial charge in [0.25, 0.3) is 0 Å². The first-order valence-corrected chi connectivity index (χ1v) is 6.64. The van der Waals surface area contributed by atoms with Gasteiger partial charge in [-0.2, -0.15) is 5.10 Å². The van der Waals surface area contributed by atoms with Crippen LogP contribution >= 0.6 is 27.3 Å². The molecular formula is C12H9BrN2O2S. The van der Waals surface area contributed by atoms with Crippen molar-refractivity contribution in [2.75, 3.05) is 5.43 Å². The zero-order valence-electron chi connectivity index (χ0n) is 9.13. The molecule has 0 atom stereocenters. The first-order valence-electron chi connectivity index (χ1n) is 5.03. The number of carboxylic acid groups (broad SMARTS) is 1. The number of nitrogens with one attached hydrogen (secondary N) is 1. The fraction of sp³-hybridized carbons (Fsp3) is 0. The summed E-state index contributed by atoms with van der Waals surface area (Å²) in [5.41, 5.74) is 3.67. The van der Waals surface area contributed by atoms with Crippen LogP contribution in [-0.2, 0) is 0 Å². The van der Waals surface area contributed by atoms with Crippen LogP contribution in [0.1, 0.15) is 15.2 Å². The molecule has 6 heteroatoms. The second kappa shape index (κ2) is 5.79. The number of thiophene rings is 1. The number of hydrazone groups is 1. The van der Waals surface area contributed by atoms with E-state index in [4.69, 9.17) is 5.11 Å². The Labute approximate surface area is 116 Å². The number of nitrogens with zero attached hydrogens (tertiary/aromatic N) is 1. The van der Waals surface area contributed by atoms with Crippen LogP contribution in [0, 0.1) is 0 Å². The molecule has 2 aromatic rings. The Morgan fingerprint density at radius 3 is 2.89 bits per heavy atom. The van der Waals surface area contributed by atoms with Crippen molar-refractivity contribution in [1.29, 1.82) is 0 Å². The van der Waals surface area contributed by atoms with E-state index in [-0.39, 0.29) is 5.56 Å². The normalized spacial score (nSPS) is 10.7. The third-order valence-electron chi connectivity index (χ3n) is 2.09. The summed E-state index contributed by atoms with van der Waals surface area (Å²) in [5, 5.41) is 12.9. The lowest BCUT2D eigenvalue weighted by Gasteiger charge is -2.00. The fourth-order valence-corrected chi connectivity index (χ4v) is 2.59. The minimum atomic E-state index is -0.954. The topological polar surface area (TPSA) is 61.7 Å². The maximum absolute atomic E-state index is 10.8. The first kappa shape index (κ1) is 12.8. The van der Waals surface area contributed by atoms with E-state index in [1.54, 1.807) is 29.7 Å². The number of aromatic carboxylic acids is 1. The van der Waals surface area contributed by atoms with Crippen molar-refractivity contribution in [2.24, 2.45) is 5.10 Å². The Morgan fingerprint density at radius 1 is 1.39 bits per heavy atom. The molecule has 0 aliphatic carbocycles. The maximum atomic E-state index is 10.8. The molecule has 1 aromatic carbocycles. The molecule has 0 aliphatic rings. The maximum Gasteiger partial charge on any atom is 0.335 e. The molecule has 0 radical (unpaired) electrons. The van der Waals surface area contributed by atoms with E-state index in [2.05, 4.69) is 26.5 Å². The van der Waals surface area contributed by atoms with Crippen molar-refractivity contribution in [3.63, 3.8) is 0 Å². The highest BCUT2D eigenvalue weighted by atomic mass is 79.9. The number of carboxylic acids is 1.